The third kappa shape index (κ3) is 5.34. The summed E-state index contributed by atoms with van der Waals surface area (Å²) >= 11 is 7.74. The highest BCUT2D eigenvalue weighted by atomic mass is 35.5. The number of nitriles is 1. The van der Waals surface area contributed by atoms with Crippen LogP contribution in [0.25, 0.3) is 10.1 Å². The minimum Gasteiger partial charge on any atom is -0.465 e. The number of nitrogens with one attached hydrogen (secondary N) is 1. The van der Waals surface area contributed by atoms with Crippen LogP contribution in [0.15, 0.2) is 42.5 Å². The van der Waals surface area contributed by atoms with E-state index in [1.165, 1.54) is 36.6 Å². The second kappa shape index (κ2) is 10.9. The summed E-state index contributed by atoms with van der Waals surface area (Å²) in [6, 6.07) is 14.1. The van der Waals surface area contributed by atoms with Crippen LogP contribution in [-0.2, 0) is 11.2 Å². The Balaban J connectivity index is 1.84. The maximum atomic E-state index is 13.1. The number of rotatable bonds is 9. The maximum absolute atomic E-state index is 13.1. The minimum atomic E-state index is -0.585. The number of hydrogen-bond acceptors (Lipinski definition) is 6. The number of esters is 1. The molecular formula is C24H21ClN2O4S. The topological polar surface area (TPSA) is 96.3 Å². The van der Waals surface area contributed by atoms with Crippen molar-refractivity contribution in [2.45, 2.75) is 25.7 Å². The van der Waals surface area contributed by atoms with Crippen LogP contribution in [0.4, 0.5) is 0 Å². The van der Waals surface area contributed by atoms with E-state index in [0.29, 0.717) is 46.8 Å². The van der Waals surface area contributed by atoms with Crippen molar-refractivity contribution in [2.75, 3.05) is 13.7 Å². The van der Waals surface area contributed by atoms with Crippen LogP contribution in [0.1, 0.15) is 55.2 Å². The van der Waals surface area contributed by atoms with E-state index in [2.05, 4.69) is 11.4 Å². The molecule has 0 bridgehead atoms. The minimum absolute atomic E-state index is 0.0970. The van der Waals surface area contributed by atoms with Crippen molar-refractivity contribution in [3.05, 3.63) is 69.1 Å². The molecule has 164 valence electrons. The standard InChI is InChI=1S/C24H21ClN2O4S/c1-31-24(30)17-10-9-15(23(29)27-12-6-2-5-11-26)13-16(17)14-19(28)22-21(25)18-7-3-4-8-20(18)32-22/h3-4,7-10,13H,2,5-6,12,14H2,1H3,(H,27,29). The fraction of sp³-hybridized carbons (Fsp3) is 0.250. The normalized spacial score (nSPS) is 10.5. The van der Waals surface area contributed by atoms with Gasteiger partial charge in [-0.25, -0.2) is 4.79 Å². The molecule has 32 heavy (non-hydrogen) atoms. The average Bonchev–Trinajstić information content (AvgIpc) is 3.15. The molecule has 0 spiro atoms. The summed E-state index contributed by atoms with van der Waals surface area (Å²) in [7, 11) is 1.26. The molecule has 0 aliphatic carbocycles. The molecule has 0 aliphatic rings. The molecule has 0 aliphatic heterocycles. The monoisotopic (exact) mass is 468 g/mol. The number of carbonyl (C=O) groups is 3. The van der Waals surface area contributed by atoms with Crippen LogP contribution in [0, 0.1) is 11.3 Å². The van der Waals surface area contributed by atoms with Gasteiger partial charge in [-0.3, -0.25) is 9.59 Å². The largest absolute Gasteiger partial charge is 0.465 e. The molecule has 0 unspecified atom stereocenters. The summed E-state index contributed by atoms with van der Waals surface area (Å²) in [5.41, 5.74) is 0.958. The Morgan fingerprint density at radius 1 is 1.16 bits per heavy atom. The number of Topliss-reactive ketones (excluding diaryl/α,β-unsaturated/α-hetero) is 1. The van der Waals surface area contributed by atoms with Gasteiger partial charge in [0.05, 0.1) is 28.6 Å². The van der Waals surface area contributed by atoms with Crippen LogP contribution < -0.4 is 5.32 Å². The highest BCUT2D eigenvalue weighted by Gasteiger charge is 2.21. The molecule has 0 fully saturated rings. The number of unbranched alkanes of at least 4 members (excludes halogenated alkanes) is 2. The van der Waals surface area contributed by atoms with E-state index in [1.54, 1.807) is 0 Å². The molecular weight excluding hydrogens is 448 g/mol. The van der Waals surface area contributed by atoms with Gasteiger partial charge in [-0.2, -0.15) is 5.26 Å². The molecule has 3 rings (SSSR count). The first kappa shape index (κ1) is 23.5. The van der Waals surface area contributed by atoms with Crippen molar-refractivity contribution in [3.8, 4) is 6.07 Å². The highest BCUT2D eigenvalue weighted by molar-refractivity contribution is 7.21. The van der Waals surface area contributed by atoms with Gasteiger partial charge in [-0.1, -0.05) is 29.8 Å². The van der Waals surface area contributed by atoms with Crippen molar-refractivity contribution in [3.63, 3.8) is 0 Å². The lowest BCUT2D eigenvalue weighted by Gasteiger charge is -2.11. The molecule has 0 atom stereocenters. The van der Waals surface area contributed by atoms with Crippen molar-refractivity contribution >= 4 is 50.7 Å². The lowest BCUT2D eigenvalue weighted by atomic mass is 9.98. The molecule has 8 heteroatoms. The van der Waals surface area contributed by atoms with Crippen molar-refractivity contribution in [1.29, 1.82) is 5.26 Å². The number of nitrogens with zero attached hydrogens (tertiary/aromatic N) is 1. The van der Waals surface area contributed by atoms with E-state index in [9.17, 15) is 14.4 Å². The molecule has 1 aromatic heterocycles. The lowest BCUT2D eigenvalue weighted by molar-refractivity contribution is 0.0599. The number of halogens is 1. The molecule has 0 saturated carbocycles. The third-order valence-electron chi connectivity index (χ3n) is 4.91. The number of carbonyl (C=O) groups excluding carboxylic acids is 3. The number of hydrogen-bond donors (Lipinski definition) is 1. The van der Waals surface area contributed by atoms with Crippen molar-refractivity contribution in [2.24, 2.45) is 0 Å². The highest BCUT2D eigenvalue weighted by Crippen LogP contribution is 2.36. The summed E-state index contributed by atoms with van der Waals surface area (Å²) in [6.45, 7) is 0.435. The van der Waals surface area contributed by atoms with Gasteiger partial charge < -0.3 is 10.1 Å². The molecule has 1 heterocycles. The van der Waals surface area contributed by atoms with E-state index in [1.807, 2.05) is 24.3 Å². The number of methoxy groups -OCH3 is 1. The van der Waals surface area contributed by atoms with Crippen LogP contribution in [0.5, 0.6) is 0 Å². The fourth-order valence-corrected chi connectivity index (χ4v) is 4.74. The Hall–Kier alpha value is -3.21. The SMILES string of the molecule is COC(=O)c1ccc(C(=O)NCCCCC#N)cc1CC(=O)c1sc2ccccc2c1Cl. The first-order valence-corrected chi connectivity index (χ1v) is 11.2. The Kier molecular flexibility index (Phi) is 7.98. The maximum Gasteiger partial charge on any atom is 0.338 e. The molecule has 2 aromatic carbocycles. The van der Waals surface area contributed by atoms with Crippen molar-refractivity contribution < 1.29 is 19.1 Å². The van der Waals surface area contributed by atoms with E-state index in [0.717, 1.165) is 10.1 Å². The number of amides is 1. The van der Waals surface area contributed by atoms with Gasteiger partial charge in [0.2, 0.25) is 0 Å². The van der Waals surface area contributed by atoms with Crippen LogP contribution in [0.3, 0.4) is 0 Å². The molecule has 1 amide bonds. The number of benzene rings is 2. The summed E-state index contributed by atoms with van der Waals surface area (Å²) in [5.74, 6) is -1.14. The van der Waals surface area contributed by atoms with Gasteiger partial charge in [-0.15, -0.1) is 11.3 Å². The number of thiophene rings is 1. The van der Waals surface area contributed by atoms with Crippen LogP contribution in [-0.4, -0.2) is 31.3 Å². The summed E-state index contributed by atoms with van der Waals surface area (Å²) < 4.78 is 5.74. The van der Waals surface area contributed by atoms with E-state index in [4.69, 9.17) is 21.6 Å². The summed E-state index contributed by atoms with van der Waals surface area (Å²) in [4.78, 5) is 38.2. The van der Waals surface area contributed by atoms with Gasteiger partial charge in [0.15, 0.2) is 5.78 Å². The summed E-state index contributed by atoms with van der Waals surface area (Å²) in [5, 5.41) is 12.6. The van der Waals surface area contributed by atoms with Gasteiger partial charge in [-0.05, 0) is 42.7 Å². The van der Waals surface area contributed by atoms with E-state index >= 15 is 0 Å². The Labute approximate surface area is 194 Å². The smallest absolute Gasteiger partial charge is 0.338 e. The zero-order chi connectivity index (χ0) is 23.1. The van der Waals surface area contributed by atoms with Gasteiger partial charge in [0, 0.05) is 35.0 Å². The molecule has 1 N–H and O–H groups in total. The third-order valence-corrected chi connectivity index (χ3v) is 6.63. The van der Waals surface area contributed by atoms with Gasteiger partial charge in [0.25, 0.3) is 5.91 Å². The molecule has 3 aromatic rings. The molecule has 6 nitrogen and oxygen atoms in total. The zero-order valence-electron chi connectivity index (χ0n) is 17.4. The van der Waals surface area contributed by atoms with Crippen LogP contribution >= 0.6 is 22.9 Å². The molecule has 0 saturated heterocycles. The quantitative estimate of drug-likeness (QED) is 0.265. The Bertz CT molecular complexity index is 1210. The predicted octanol–water partition coefficient (Wildman–Crippen LogP) is 5.19. The first-order chi connectivity index (χ1) is 15.5. The second-order valence-electron chi connectivity index (χ2n) is 7.08. The summed E-state index contributed by atoms with van der Waals surface area (Å²) in [6.07, 6.45) is 1.74. The lowest BCUT2D eigenvalue weighted by Crippen LogP contribution is -2.25. The molecule has 0 radical (unpaired) electrons. The second-order valence-corrected chi connectivity index (χ2v) is 8.51. The fourth-order valence-electron chi connectivity index (χ4n) is 3.27. The predicted molar refractivity (Wildman–Crippen MR) is 124 cm³/mol. The first-order valence-electron chi connectivity index (χ1n) is 10.0. The van der Waals surface area contributed by atoms with E-state index in [-0.39, 0.29) is 23.7 Å². The van der Waals surface area contributed by atoms with E-state index < -0.39 is 5.97 Å². The number of ether oxygens (including phenoxy) is 1. The Morgan fingerprint density at radius 3 is 2.66 bits per heavy atom. The van der Waals surface area contributed by atoms with Gasteiger partial charge >= 0.3 is 5.97 Å². The van der Waals surface area contributed by atoms with Crippen LogP contribution in [0.2, 0.25) is 5.02 Å². The Morgan fingerprint density at radius 2 is 1.94 bits per heavy atom. The average molecular weight is 469 g/mol. The van der Waals surface area contributed by atoms with Gasteiger partial charge in [0.1, 0.15) is 0 Å². The van der Waals surface area contributed by atoms with Crippen molar-refractivity contribution in [1.82, 2.24) is 5.32 Å². The zero-order valence-corrected chi connectivity index (χ0v) is 19.0. The number of ketones is 1. The number of fused-ring (bicyclic) bond motifs is 1.